The number of hydrogen-bond acceptors (Lipinski definition) is 4. The van der Waals surface area contributed by atoms with Crippen molar-refractivity contribution in [2.24, 2.45) is 0 Å². The van der Waals surface area contributed by atoms with Gasteiger partial charge in [0.05, 0.1) is 16.7 Å². The summed E-state index contributed by atoms with van der Waals surface area (Å²) < 4.78 is 8.99. The van der Waals surface area contributed by atoms with Crippen LogP contribution in [-0.2, 0) is 6.42 Å². The minimum Gasteiger partial charge on any atom is -0.454 e. The number of para-hydroxylation sites is 3. The van der Waals surface area contributed by atoms with E-state index in [4.69, 9.17) is 19.4 Å². The highest BCUT2D eigenvalue weighted by atomic mass is 16.3. The first-order valence-electron chi connectivity index (χ1n) is 18.7. The van der Waals surface area contributed by atoms with Crippen molar-refractivity contribution in [2.45, 2.75) is 26.2 Å². The summed E-state index contributed by atoms with van der Waals surface area (Å²) >= 11 is 0. The lowest BCUT2D eigenvalue weighted by Crippen LogP contribution is -2.03. The minimum absolute atomic E-state index is 0.607. The fraction of sp³-hybridized carbons (Fsp3) is 0.0816. The van der Waals surface area contributed by atoms with Crippen LogP contribution in [0.3, 0.4) is 0 Å². The van der Waals surface area contributed by atoms with Crippen LogP contribution >= 0.6 is 0 Å². The molecule has 0 bridgehead atoms. The van der Waals surface area contributed by atoms with Crippen molar-refractivity contribution in [1.29, 1.82) is 0 Å². The van der Waals surface area contributed by atoms with Gasteiger partial charge in [-0.1, -0.05) is 147 Å². The molecular formula is C49H36N4O. The van der Waals surface area contributed by atoms with E-state index in [0.29, 0.717) is 17.5 Å². The predicted octanol–water partition coefficient (Wildman–Crippen LogP) is 12.9. The third kappa shape index (κ3) is 5.44. The molecule has 7 aromatic carbocycles. The molecule has 0 saturated heterocycles. The molecule has 0 aliphatic heterocycles. The normalized spacial score (nSPS) is 11.6. The van der Waals surface area contributed by atoms with E-state index in [9.17, 15) is 0 Å². The van der Waals surface area contributed by atoms with Gasteiger partial charge in [-0.25, -0.2) is 15.0 Å². The maximum atomic E-state index is 6.67. The molecule has 0 unspecified atom stereocenters. The van der Waals surface area contributed by atoms with Crippen LogP contribution in [0, 0.1) is 0 Å². The van der Waals surface area contributed by atoms with Gasteiger partial charge in [0.2, 0.25) is 0 Å². The topological polar surface area (TPSA) is 56.7 Å². The standard InChI is InChI=1S/C49H36N4O/c1-2-3-13-32-22-24-35(25-23-32)47-50-48(36-28-26-34(27-29-36)33-14-5-4-6-15-33)52-49(51-47)41-18-8-11-20-43(41)53-42-19-10-7-16-37(42)39-30-31-40-38-17-9-12-21-44(38)54-46(40)45(39)53/h4-12,14-31H,2-3,13H2,1H3. The molecule has 0 radical (unpaired) electrons. The van der Waals surface area contributed by atoms with Crippen LogP contribution in [0.15, 0.2) is 168 Å². The Bertz CT molecular complexity index is 2960. The molecule has 0 saturated carbocycles. The van der Waals surface area contributed by atoms with Gasteiger partial charge in [0.1, 0.15) is 5.58 Å². The van der Waals surface area contributed by atoms with Gasteiger partial charge in [0.25, 0.3) is 0 Å². The SMILES string of the molecule is CCCCc1ccc(-c2nc(-c3ccc(-c4ccccc4)cc3)nc(-c3ccccc3-n3c4ccccc4c4ccc5c6ccccc6oc5c43)n2)cc1. The lowest BCUT2D eigenvalue weighted by Gasteiger charge is -2.15. The molecule has 258 valence electrons. The summed E-state index contributed by atoms with van der Waals surface area (Å²) in [7, 11) is 0. The summed E-state index contributed by atoms with van der Waals surface area (Å²) in [5.41, 5.74) is 11.2. The zero-order valence-electron chi connectivity index (χ0n) is 29.9. The van der Waals surface area contributed by atoms with Gasteiger partial charge in [0.15, 0.2) is 23.1 Å². The van der Waals surface area contributed by atoms with Gasteiger partial charge in [-0.05, 0) is 59.9 Å². The third-order valence-electron chi connectivity index (χ3n) is 10.5. The van der Waals surface area contributed by atoms with Crippen molar-refractivity contribution < 1.29 is 4.42 Å². The number of nitrogens with zero attached hydrogens (tertiary/aromatic N) is 4. The van der Waals surface area contributed by atoms with Gasteiger partial charge in [0, 0.05) is 38.2 Å². The largest absolute Gasteiger partial charge is 0.454 e. The van der Waals surface area contributed by atoms with Crippen LogP contribution in [0.5, 0.6) is 0 Å². The summed E-state index contributed by atoms with van der Waals surface area (Å²) in [6, 6.07) is 57.3. The Morgan fingerprint density at radius 3 is 1.85 bits per heavy atom. The van der Waals surface area contributed by atoms with Gasteiger partial charge < -0.3 is 8.98 Å². The lowest BCUT2D eigenvalue weighted by atomic mass is 10.0. The maximum Gasteiger partial charge on any atom is 0.166 e. The Labute approximate surface area is 313 Å². The second-order valence-corrected chi connectivity index (χ2v) is 13.9. The molecule has 3 aromatic heterocycles. The van der Waals surface area contributed by atoms with Gasteiger partial charge in [-0.15, -0.1) is 0 Å². The van der Waals surface area contributed by atoms with E-state index < -0.39 is 0 Å². The Hall–Kier alpha value is -6.85. The molecule has 0 fully saturated rings. The second-order valence-electron chi connectivity index (χ2n) is 13.9. The number of hydrogen-bond donors (Lipinski definition) is 0. The molecule has 0 amide bonds. The summed E-state index contributed by atoms with van der Waals surface area (Å²) in [4.78, 5) is 15.6. The van der Waals surface area contributed by atoms with Crippen molar-refractivity contribution >= 4 is 43.7 Å². The van der Waals surface area contributed by atoms with E-state index in [2.05, 4.69) is 157 Å². The van der Waals surface area contributed by atoms with Crippen LogP contribution in [-0.4, -0.2) is 19.5 Å². The second kappa shape index (κ2) is 13.3. The quantitative estimate of drug-likeness (QED) is 0.159. The Balaban J connectivity index is 1.19. The lowest BCUT2D eigenvalue weighted by molar-refractivity contribution is 0.671. The average Bonchev–Trinajstić information content (AvgIpc) is 3.79. The molecular weight excluding hydrogens is 661 g/mol. The molecule has 0 spiro atoms. The van der Waals surface area contributed by atoms with E-state index in [0.717, 1.165) is 90.9 Å². The summed E-state index contributed by atoms with van der Waals surface area (Å²) in [5, 5.41) is 4.48. The van der Waals surface area contributed by atoms with Gasteiger partial charge >= 0.3 is 0 Å². The van der Waals surface area contributed by atoms with Crippen molar-refractivity contribution in [2.75, 3.05) is 0 Å². The Kier molecular flexibility index (Phi) is 7.84. The Morgan fingerprint density at radius 1 is 0.481 bits per heavy atom. The summed E-state index contributed by atoms with van der Waals surface area (Å²) in [6.07, 6.45) is 3.39. The summed E-state index contributed by atoms with van der Waals surface area (Å²) in [5.74, 6) is 1.87. The molecule has 5 heteroatoms. The van der Waals surface area contributed by atoms with Gasteiger partial charge in [-0.3, -0.25) is 0 Å². The fourth-order valence-corrected chi connectivity index (χ4v) is 7.74. The number of aryl methyl sites for hydroxylation is 1. The maximum absolute atomic E-state index is 6.67. The zero-order chi connectivity index (χ0) is 36.0. The first kappa shape index (κ1) is 31.9. The number of rotatable bonds is 8. The average molecular weight is 697 g/mol. The van der Waals surface area contributed by atoms with Crippen molar-refractivity contribution in [3.63, 3.8) is 0 Å². The predicted molar refractivity (Wildman–Crippen MR) is 222 cm³/mol. The smallest absolute Gasteiger partial charge is 0.166 e. The highest BCUT2D eigenvalue weighted by Crippen LogP contribution is 2.42. The van der Waals surface area contributed by atoms with Crippen molar-refractivity contribution in [1.82, 2.24) is 19.5 Å². The van der Waals surface area contributed by atoms with E-state index in [1.165, 1.54) is 11.1 Å². The molecule has 3 heterocycles. The van der Waals surface area contributed by atoms with Crippen molar-refractivity contribution in [3.05, 3.63) is 169 Å². The first-order chi connectivity index (χ1) is 26.7. The Morgan fingerprint density at radius 2 is 1.07 bits per heavy atom. The molecule has 5 nitrogen and oxygen atoms in total. The molecule has 10 rings (SSSR count). The molecule has 0 N–H and O–H groups in total. The highest BCUT2D eigenvalue weighted by molar-refractivity contribution is 6.21. The van der Waals surface area contributed by atoms with Crippen LogP contribution in [0.2, 0.25) is 0 Å². The zero-order valence-corrected chi connectivity index (χ0v) is 29.9. The molecule has 0 aliphatic carbocycles. The molecule has 10 aromatic rings. The molecule has 54 heavy (non-hydrogen) atoms. The summed E-state index contributed by atoms with van der Waals surface area (Å²) in [6.45, 7) is 2.23. The highest BCUT2D eigenvalue weighted by Gasteiger charge is 2.22. The molecule has 0 atom stereocenters. The minimum atomic E-state index is 0.607. The number of furan rings is 1. The van der Waals surface area contributed by atoms with E-state index in [1.807, 2.05) is 18.2 Å². The number of aromatic nitrogens is 4. The van der Waals surface area contributed by atoms with Crippen LogP contribution < -0.4 is 0 Å². The van der Waals surface area contributed by atoms with E-state index in [-0.39, 0.29) is 0 Å². The third-order valence-corrected chi connectivity index (χ3v) is 10.5. The fourth-order valence-electron chi connectivity index (χ4n) is 7.74. The number of benzene rings is 7. The van der Waals surface area contributed by atoms with Crippen LogP contribution in [0.1, 0.15) is 25.3 Å². The molecule has 0 aliphatic rings. The first-order valence-corrected chi connectivity index (χ1v) is 18.7. The number of unbranched alkanes of at least 4 members (excludes halogenated alkanes) is 1. The van der Waals surface area contributed by atoms with Crippen molar-refractivity contribution in [3.8, 4) is 51.0 Å². The van der Waals surface area contributed by atoms with E-state index in [1.54, 1.807) is 0 Å². The van der Waals surface area contributed by atoms with Crippen LogP contribution in [0.25, 0.3) is 94.7 Å². The van der Waals surface area contributed by atoms with E-state index >= 15 is 0 Å². The van der Waals surface area contributed by atoms with Gasteiger partial charge in [-0.2, -0.15) is 0 Å². The monoisotopic (exact) mass is 696 g/mol. The van der Waals surface area contributed by atoms with Crippen LogP contribution in [0.4, 0.5) is 0 Å². The number of fused-ring (bicyclic) bond motifs is 7.